The zero-order valence-electron chi connectivity index (χ0n) is 10.6. The van der Waals surface area contributed by atoms with Crippen LogP contribution in [0.3, 0.4) is 0 Å². The number of carbonyl (C=O) groups excluding carboxylic acids is 1. The molecule has 0 fully saturated rings. The molecule has 0 radical (unpaired) electrons. The van der Waals surface area contributed by atoms with E-state index in [1.165, 1.54) is 6.07 Å². The average molecular weight is 300 g/mol. The largest absolute Gasteiger partial charge is 0.481 e. The number of benzene rings is 1. The summed E-state index contributed by atoms with van der Waals surface area (Å²) in [6.07, 6.45) is 1.24. The Morgan fingerprint density at radius 3 is 2.85 bits per heavy atom. The summed E-state index contributed by atoms with van der Waals surface area (Å²) < 4.78 is 10.3. The van der Waals surface area contributed by atoms with Gasteiger partial charge in [-0.05, 0) is 25.0 Å². The number of hydrogen-bond acceptors (Lipinski definition) is 4. The lowest BCUT2D eigenvalue weighted by atomic mass is 10.2. The first-order valence-electron chi connectivity index (χ1n) is 6.17. The van der Waals surface area contributed by atoms with E-state index in [0.29, 0.717) is 41.5 Å². The first-order chi connectivity index (χ1) is 9.58. The summed E-state index contributed by atoms with van der Waals surface area (Å²) in [6.45, 7) is 0.507. The summed E-state index contributed by atoms with van der Waals surface area (Å²) in [5.41, 5.74) is 0.387. The molecule has 1 aromatic carbocycles. The molecule has 1 aromatic rings. The van der Waals surface area contributed by atoms with Crippen LogP contribution in [0.4, 0.5) is 0 Å². The van der Waals surface area contributed by atoms with Gasteiger partial charge in [0.1, 0.15) is 0 Å². The third-order valence-corrected chi connectivity index (χ3v) is 3.07. The molecule has 6 nitrogen and oxygen atoms in total. The van der Waals surface area contributed by atoms with Gasteiger partial charge in [-0.1, -0.05) is 11.6 Å². The number of aliphatic carboxylic acids is 1. The van der Waals surface area contributed by atoms with E-state index in [0.717, 1.165) is 0 Å². The van der Waals surface area contributed by atoms with E-state index in [2.05, 4.69) is 5.32 Å². The fraction of sp³-hybridized carbons (Fsp3) is 0.385. The van der Waals surface area contributed by atoms with Crippen molar-refractivity contribution < 1.29 is 24.2 Å². The Balaban J connectivity index is 1.87. The summed E-state index contributed by atoms with van der Waals surface area (Å²) in [6, 6.07) is 3.09. The van der Waals surface area contributed by atoms with Crippen molar-refractivity contribution in [1.82, 2.24) is 5.32 Å². The molecule has 1 amide bonds. The van der Waals surface area contributed by atoms with Crippen molar-refractivity contribution in [3.8, 4) is 11.5 Å². The number of amides is 1. The lowest BCUT2D eigenvalue weighted by Crippen LogP contribution is -2.24. The van der Waals surface area contributed by atoms with Gasteiger partial charge >= 0.3 is 5.97 Å². The van der Waals surface area contributed by atoms with E-state index >= 15 is 0 Å². The minimum Gasteiger partial charge on any atom is -0.481 e. The number of rotatable bonds is 6. The smallest absolute Gasteiger partial charge is 0.303 e. The Morgan fingerprint density at radius 1 is 1.30 bits per heavy atom. The number of carbonyl (C=O) groups is 2. The van der Waals surface area contributed by atoms with Crippen molar-refractivity contribution in [2.45, 2.75) is 19.3 Å². The van der Waals surface area contributed by atoms with Crippen molar-refractivity contribution >= 4 is 23.5 Å². The molecule has 0 aromatic heterocycles. The highest BCUT2D eigenvalue weighted by molar-refractivity contribution is 6.32. The highest BCUT2D eigenvalue weighted by Gasteiger charge is 2.20. The van der Waals surface area contributed by atoms with Gasteiger partial charge in [-0.2, -0.15) is 0 Å². The van der Waals surface area contributed by atoms with E-state index in [1.807, 2.05) is 0 Å². The lowest BCUT2D eigenvalue weighted by molar-refractivity contribution is -0.137. The number of hydrogen-bond donors (Lipinski definition) is 2. The predicted octanol–water partition coefficient (Wildman–Crippen LogP) is 2.05. The molecule has 7 heteroatoms. The van der Waals surface area contributed by atoms with Gasteiger partial charge in [-0.3, -0.25) is 9.59 Å². The van der Waals surface area contributed by atoms with Gasteiger partial charge in [0.2, 0.25) is 6.79 Å². The summed E-state index contributed by atoms with van der Waals surface area (Å²) in [4.78, 5) is 22.2. The molecule has 1 aliphatic rings. The molecule has 0 spiro atoms. The van der Waals surface area contributed by atoms with Crippen LogP contribution in [0, 0.1) is 0 Å². The van der Waals surface area contributed by atoms with Crippen molar-refractivity contribution in [2.75, 3.05) is 13.3 Å². The van der Waals surface area contributed by atoms with Crippen LogP contribution < -0.4 is 14.8 Å². The van der Waals surface area contributed by atoms with Crippen molar-refractivity contribution in [3.05, 3.63) is 22.7 Å². The normalized spacial score (nSPS) is 12.2. The van der Waals surface area contributed by atoms with Crippen LogP contribution in [-0.4, -0.2) is 30.3 Å². The standard InChI is InChI=1S/C13H14ClNO5/c14-9-5-8(6-10-12(9)20-7-19-10)13(18)15-4-2-1-3-11(16)17/h5-6H,1-4,7H2,(H,15,18)(H,16,17). The Hall–Kier alpha value is -1.95. The second-order valence-corrected chi connectivity index (χ2v) is 4.71. The molecule has 0 aliphatic carbocycles. The number of carboxylic acids is 1. The molecular weight excluding hydrogens is 286 g/mol. The van der Waals surface area contributed by atoms with E-state index in [-0.39, 0.29) is 19.1 Å². The fourth-order valence-electron chi connectivity index (χ4n) is 1.80. The maximum absolute atomic E-state index is 11.9. The van der Waals surface area contributed by atoms with Crippen LogP contribution in [0.25, 0.3) is 0 Å². The van der Waals surface area contributed by atoms with Crippen LogP contribution >= 0.6 is 11.6 Å². The van der Waals surface area contributed by atoms with Crippen LogP contribution in [0.1, 0.15) is 29.6 Å². The minimum atomic E-state index is -0.834. The Kier molecular flexibility index (Phi) is 4.68. The fourth-order valence-corrected chi connectivity index (χ4v) is 2.07. The Morgan fingerprint density at radius 2 is 2.10 bits per heavy atom. The molecule has 1 heterocycles. The lowest BCUT2D eigenvalue weighted by Gasteiger charge is -2.06. The molecule has 0 unspecified atom stereocenters. The predicted molar refractivity (Wildman–Crippen MR) is 71.4 cm³/mol. The zero-order chi connectivity index (χ0) is 14.5. The highest BCUT2D eigenvalue weighted by Crippen LogP contribution is 2.39. The maximum Gasteiger partial charge on any atom is 0.303 e. The van der Waals surface area contributed by atoms with Crippen LogP contribution in [0.5, 0.6) is 11.5 Å². The molecule has 1 aliphatic heterocycles. The zero-order valence-corrected chi connectivity index (χ0v) is 11.4. The minimum absolute atomic E-state index is 0.0926. The van der Waals surface area contributed by atoms with Gasteiger partial charge in [0.05, 0.1) is 5.02 Å². The van der Waals surface area contributed by atoms with Gasteiger partial charge in [-0.25, -0.2) is 0 Å². The molecule has 2 N–H and O–H groups in total. The molecule has 0 saturated carbocycles. The van der Waals surface area contributed by atoms with Gasteiger partial charge in [0.25, 0.3) is 5.91 Å². The van der Waals surface area contributed by atoms with Crippen LogP contribution in [0.15, 0.2) is 12.1 Å². The summed E-state index contributed by atoms with van der Waals surface area (Å²) >= 11 is 5.99. The monoisotopic (exact) mass is 299 g/mol. The van der Waals surface area contributed by atoms with Gasteiger partial charge in [0, 0.05) is 18.5 Å². The number of halogens is 1. The topological polar surface area (TPSA) is 84.9 Å². The summed E-state index contributed by atoms with van der Waals surface area (Å²) in [5, 5.41) is 11.5. The molecular formula is C13H14ClNO5. The SMILES string of the molecule is O=C(O)CCCCNC(=O)c1cc(Cl)c2c(c1)OCO2. The first kappa shape index (κ1) is 14.5. The molecule has 0 saturated heterocycles. The Labute approximate surface area is 120 Å². The molecule has 0 bridgehead atoms. The molecule has 20 heavy (non-hydrogen) atoms. The maximum atomic E-state index is 11.9. The van der Waals surface area contributed by atoms with Crippen LogP contribution in [-0.2, 0) is 4.79 Å². The number of fused-ring (bicyclic) bond motifs is 1. The quantitative estimate of drug-likeness (QED) is 0.785. The number of unbranched alkanes of at least 4 members (excludes halogenated alkanes) is 1. The molecule has 108 valence electrons. The van der Waals surface area contributed by atoms with Crippen LogP contribution in [0.2, 0.25) is 5.02 Å². The Bertz CT molecular complexity index is 532. The van der Waals surface area contributed by atoms with E-state index in [1.54, 1.807) is 6.07 Å². The second-order valence-electron chi connectivity index (χ2n) is 4.30. The number of carboxylic acid groups (broad SMARTS) is 1. The molecule has 0 atom stereocenters. The van der Waals surface area contributed by atoms with Crippen molar-refractivity contribution in [3.63, 3.8) is 0 Å². The van der Waals surface area contributed by atoms with Crippen molar-refractivity contribution in [1.29, 1.82) is 0 Å². The third-order valence-electron chi connectivity index (χ3n) is 2.79. The third kappa shape index (κ3) is 3.54. The average Bonchev–Trinajstić information content (AvgIpc) is 2.86. The molecule has 2 rings (SSSR count). The summed E-state index contributed by atoms with van der Waals surface area (Å²) in [7, 11) is 0. The highest BCUT2D eigenvalue weighted by atomic mass is 35.5. The van der Waals surface area contributed by atoms with E-state index in [4.69, 9.17) is 26.2 Å². The van der Waals surface area contributed by atoms with E-state index in [9.17, 15) is 9.59 Å². The first-order valence-corrected chi connectivity index (χ1v) is 6.55. The second kappa shape index (κ2) is 6.47. The van der Waals surface area contributed by atoms with Crippen molar-refractivity contribution in [2.24, 2.45) is 0 Å². The number of nitrogens with one attached hydrogen (secondary N) is 1. The summed E-state index contributed by atoms with van der Waals surface area (Å²) in [5.74, 6) is -0.211. The van der Waals surface area contributed by atoms with E-state index < -0.39 is 5.97 Å². The van der Waals surface area contributed by atoms with Gasteiger partial charge in [-0.15, -0.1) is 0 Å². The van der Waals surface area contributed by atoms with Gasteiger partial charge < -0.3 is 19.9 Å². The number of ether oxygens (including phenoxy) is 2. The van der Waals surface area contributed by atoms with Gasteiger partial charge in [0.15, 0.2) is 11.5 Å².